The van der Waals surface area contributed by atoms with E-state index in [0.717, 1.165) is 11.1 Å². The Hall–Kier alpha value is -2.09. The summed E-state index contributed by atoms with van der Waals surface area (Å²) in [5.41, 5.74) is 4.24. The predicted molar refractivity (Wildman–Crippen MR) is 62.9 cm³/mol. The second-order valence-corrected chi connectivity index (χ2v) is 4.56. The molecule has 1 aliphatic carbocycles. The lowest BCUT2D eigenvalue weighted by Crippen LogP contribution is -2.09. The summed E-state index contributed by atoms with van der Waals surface area (Å²) < 4.78 is 5.47. The Labute approximate surface area is 98.8 Å². The van der Waals surface area contributed by atoms with Crippen molar-refractivity contribution >= 4 is 5.97 Å². The minimum Gasteiger partial charge on any atom is -0.453 e. The van der Waals surface area contributed by atoms with Crippen LogP contribution in [0.25, 0.3) is 0 Å². The normalized spacial score (nSPS) is 23.9. The van der Waals surface area contributed by atoms with Crippen LogP contribution in [0, 0.1) is 0 Å². The van der Waals surface area contributed by atoms with Gasteiger partial charge in [-0.15, -0.1) is 0 Å². The van der Waals surface area contributed by atoms with Crippen LogP contribution in [-0.2, 0) is 4.74 Å². The van der Waals surface area contributed by atoms with E-state index in [1.807, 2.05) is 30.3 Å². The number of hydrogen-bond donors (Lipinski definition) is 0. The Morgan fingerprint density at radius 1 is 0.941 bits per heavy atom. The third kappa shape index (κ3) is 1.07. The summed E-state index contributed by atoms with van der Waals surface area (Å²) in [6, 6.07) is 16.2. The first-order valence-corrected chi connectivity index (χ1v) is 5.74. The van der Waals surface area contributed by atoms with E-state index in [9.17, 15) is 4.79 Å². The third-order valence-corrected chi connectivity index (χ3v) is 3.66. The maximum atomic E-state index is 11.7. The van der Waals surface area contributed by atoms with E-state index in [0.29, 0.717) is 0 Å². The number of ether oxygens (including phenoxy) is 1. The molecule has 2 nitrogen and oxygen atoms in total. The molecule has 1 aliphatic heterocycles. The summed E-state index contributed by atoms with van der Waals surface area (Å²) >= 11 is 0. The lowest BCUT2D eigenvalue weighted by atomic mass is 9.92. The van der Waals surface area contributed by atoms with Gasteiger partial charge in [0.05, 0.1) is 11.5 Å². The van der Waals surface area contributed by atoms with Gasteiger partial charge in [0.2, 0.25) is 0 Å². The monoisotopic (exact) mass is 222 g/mol. The molecule has 0 saturated heterocycles. The van der Waals surface area contributed by atoms with Crippen molar-refractivity contribution in [2.45, 2.75) is 12.0 Å². The first kappa shape index (κ1) is 8.99. The molecule has 4 rings (SSSR count). The van der Waals surface area contributed by atoms with Crippen LogP contribution in [0.15, 0.2) is 48.5 Å². The van der Waals surface area contributed by atoms with Crippen molar-refractivity contribution < 1.29 is 9.53 Å². The highest BCUT2D eigenvalue weighted by Gasteiger charge is 2.43. The number of carbonyl (C=O) groups excluding carboxylic acids is 1. The Bertz CT molecular complexity index is 616. The molecule has 2 unspecified atom stereocenters. The Balaban J connectivity index is 1.90. The van der Waals surface area contributed by atoms with Crippen LogP contribution in [0.1, 0.15) is 39.1 Å². The van der Waals surface area contributed by atoms with E-state index >= 15 is 0 Å². The van der Waals surface area contributed by atoms with Crippen molar-refractivity contribution in [3.63, 3.8) is 0 Å². The van der Waals surface area contributed by atoms with E-state index in [1.54, 1.807) is 0 Å². The maximum absolute atomic E-state index is 11.7. The van der Waals surface area contributed by atoms with Crippen molar-refractivity contribution in [2.24, 2.45) is 0 Å². The average molecular weight is 222 g/mol. The summed E-state index contributed by atoms with van der Waals surface area (Å²) in [6.07, 6.45) is -0.107. The summed E-state index contributed by atoms with van der Waals surface area (Å²) in [7, 11) is 0. The van der Waals surface area contributed by atoms with Crippen LogP contribution in [0.5, 0.6) is 0 Å². The van der Waals surface area contributed by atoms with E-state index < -0.39 is 0 Å². The average Bonchev–Trinajstić information content (AvgIpc) is 2.80. The molecule has 0 radical (unpaired) electrons. The fraction of sp³-hybridized carbons (Fsp3) is 0.133. The second-order valence-electron chi connectivity index (χ2n) is 4.56. The molecule has 0 amide bonds. The summed E-state index contributed by atoms with van der Waals surface area (Å²) in [5.74, 6) is -0.0106. The van der Waals surface area contributed by atoms with E-state index in [2.05, 4.69) is 18.2 Å². The molecule has 0 N–H and O–H groups in total. The molecule has 2 aromatic rings. The number of carbonyl (C=O) groups is 1. The fourth-order valence-corrected chi connectivity index (χ4v) is 2.89. The molecule has 2 heteroatoms. The highest BCUT2D eigenvalue weighted by atomic mass is 16.5. The minimum absolute atomic E-state index is 0.107. The van der Waals surface area contributed by atoms with Crippen molar-refractivity contribution in [2.75, 3.05) is 0 Å². The standard InChI is InChI=1S/C15H10O2/c16-15-11-7-6-10-8-12(11)14(17-15)13(10)9-4-2-1-3-5-9/h1-8,13-14H. The summed E-state index contributed by atoms with van der Waals surface area (Å²) in [6.45, 7) is 0. The summed E-state index contributed by atoms with van der Waals surface area (Å²) in [5, 5.41) is 0. The SMILES string of the molecule is O=C1OC2c3cc(ccc31)C2c1ccccc1. The maximum Gasteiger partial charge on any atom is 0.339 e. The zero-order valence-corrected chi connectivity index (χ0v) is 9.09. The molecule has 1 heterocycles. The van der Waals surface area contributed by atoms with Gasteiger partial charge in [-0.05, 0) is 17.2 Å². The number of fused-ring (bicyclic) bond motifs is 1. The molecule has 0 saturated carbocycles. The van der Waals surface area contributed by atoms with E-state index in [1.165, 1.54) is 11.1 Å². The molecule has 2 atom stereocenters. The third-order valence-electron chi connectivity index (χ3n) is 3.66. The Morgan fingerprint density at radius 2 is 1.76 bits per heavy atom. The molecular weight excluding hydrogens is 212 g/mol. The number of benzene rings is 2. The molecule has 82 valence electrons. The molecule has 2 bridgehead atoms. The van der Waals surface area contributed by atoms with Gasteiger partial charge < -0.3 is 4.74 Å². The second kappa shape index (κ2) is 2.98. The fourth-order valence-electron chi connectivity index (χ4n) is 2.89. The predicted octanol–water partition coefficient (Wildman–Crippen LogP) is 3.04. The Kier molecular flexibility index (Phi) is 1.57. The van der Waals surface area contributed by atoms with Gasteiger partial charge in [0.1, 0.15) is 6.10 Å². The smallest absolute Gasteiger partial charge is 0.339 e. The lowest BCUT2D eigenvalue weighted by molar-refractivity contribution is 0.0360. The van der Waals surface area contributed by atoms with Gasteiger partial charge in [0.25, 0.3) is 0 Å². The van der Waals surface area contributed by atoms with E-state index in [4.69, 9.17) is 4.74 Å². The zero-order chi connectivity index (χ0) is 11.4. The van der Waals surface area contributed by atoms with Crippen LogP contribution < -0.4 is 0 Å². The molecule has 2 aromatic carbocycles. The van der Waals surface area contributed by atoms with E-state index in [-0.39, 0.29) is 18.0 Å². The van der Waals surface area contributed by atoms with Gasteiger partial charge in [-0.2, -0.15) is 0 Å². The quantitative estimate of drug-likeness (QED) is 0.693. The summed E-state index contributed by atoms with van der Waals surface area (Å²) in [4.78, 5) is 11.7. The van der Waals surface area contributed by atoms with Crippen LogP contribution in [0.3, 0.4) is 0 Å². The number of rotatable bonds is 1. The molecular formula is C15H10O2. The first-order chi connectivity index (χ1) is 8.34. The van der Waals surface area contributed by atoms with Crippen molar-refractivity contribution in [3.8, 4) is 0 Å². The highest BCUT2D eigenvalue weighted by molar-refractivity contribution is 5.95. The minimum atomic E-state index is -0.183. The van der Waals surface area contributed by atoms with Gasteiger partial charge in [-0.25, -0.2) is 4.79 Å². The van der Waals surface area contributed by atoms with Crippen LogP contribution >= 0.6 is 0 Å². The van der Waals surface area contributed by atoms with Gasteiger partial charge in [0.15, 0.2) is 0 Å². The highest BCUT2D eigenvalue weighted by Crippen LogP contribution is 2.50. The van der Waals surface area contributed by atoms with Crippen molar-refractivity contribution in [3.05, 3.63) is 70.8 Å². The first-order valence-electron chi connectivity index (χ1n) is 5.74. The molecule has 0 spiro atoms. The van der Waals surface area contributed by atoms with Gasteiger partial charge in [0, 0.05) is 5.56 Å². The molecule has 17 heavy (non-hydrogen) atoms. The largest absolute Gasteiger partial charge is 0.453 e. The Morgan fingerprint density at radius 3 is 2.59 bits per heavy atom. The van der Waals surface area contributed by atoms with Crippen molar-refractivity contribution in [1.29, 1.82) is 0 Å². The zero-order valence-electron chi connectivity index (χ0n) is 9.09. The van der Waals surface area contributed by atoms with Gasteiger partial charge in [-0.1, -0.05) is 42.5 Å². The molecule has 0 fully saturated rings. The number of hydrogen-bond acceptors (Lipinski definition) is 2. The van der Waals surface area contributed by atoms with Crippen LogP contribution in [0.4, 0.5) is 0 Å². The van der Waals surface area contributed by atoms with Crippen LogP contribution in [0.2, 0.25) is 0 Å². The van der Waals surface area contributed by atoms with Gasteiger partial charge >= 0.3 is 5.97 Å². The molecule has 2 aliphatic rings. The van der Waals surface area contributed by atoms with Gasteiger partial charge in [-0.3, -0.25) is 0 Å². The van der Waals surface area contributed by atoms with Crippen molar-refractivity contribution in [1.82, 2.24) is 0 Å². The lowest BCUT2D eigenvalue weighted by Gasteiger charge is -2.18. The number of esters is 1. The topological polar surface area (TPSA) is 26.3 Å². The molecule has 0 aromatic heterocycles. The van der Waals surface area contributed by atoms with Crippen LogP contribution in [-0.4, -0.2) is 5.97 Å².